The summed E-state index contributed by atoms with van der Waals surface area (Å²) in [7, 11) is 0. The number of aromatic nitrogens is 3. The fourth-order valence-electron chi connectivity index (χ4n) is 2.50. The minimum Gasteiger partial charge on any atom is -0.478 e. The molecule has 0 atom stereocenters. The van der Waals surface area contributed by atoms with Crippen molar-refractivity contribution in [3.8, 4) is 11.3 Å². The molecule has 0 unspecified atom stereocenters. The lowest BCUT2D eigenvalue weighted by Gasteiger charge is -2.09. The maximum Gasteiger partial charge on any atom is 0.335 e. The molecule has 0 saturated heterocycles. The summed E-state index contributed by atoms with van der Waals surface area (Å²) in [6.07, 6.45) is 5.87. The van der Waals surface area contributed by atoms with E-state index in [-0.39, 0.29) is 0 Å². The number of nitrogens with one attached hydrogen (secondary N) is 1. The van der Waals surface area contributed by atoms with Crippen LogP contribution in [0.15, 0.2) is 55.0 Å². The number of anilines is 1. The van der Waals surface area contributed by atoms with E-state index in [4.69, 9.17) is 5.11 Å². The third-order valence-electron chi connectivity index (χ3n) is 3.89. The number of benzene rings is 1. The Bertz CT molecular complexity index is 882. The van der Waals surface area contributed by atoms with Crippen molar-refractivity contribution in [2.75, 3.05) is 11.9 Å². The SMILES string of the molecule is Cc1ccc(C(=O)O)cc1CCNc1nccc(-c2cccnc2)n1. The van der Waals surface area contributed by atoms with E-state index in [1.54, 1.807) is 30.7 Å². The van der Waals surface area contributed by atoms with Gasteiger partial charge in [0, 0.05) is 30.7 Å². The predicted molar refractivity (Wildman–Crippen MR) is 95.6 cm³/mol. The number of pyridine rings is 1. The van der Waals surface area contributed by atoms with E-state index in [0.29, 0.717) is 24.5 Å². The molecule has 0 fully saturated rings. The van der Waals surface area contributed by atoms with Crippen LogP contribution in [0.25, 0.3) is 11.3 Å². The van der Waals surface area contributed by atoms with Crippen molar-refractivity contribution in [2.45, 2.75) is 13.3 Å². The van der Waals surface area contributed by atoms with Crippen molar-refractivity contribution < 1.29 is 9.90 Å². The number of rotatable bonds is 6. The van der Waals surface area contributed by atoms with Gasteiger partial charge in [0.15, 0.2) is 0 Å². The summed E-state index contributed by atoms with van der Waals surface area (Å²) in [6.45, 7) is 2.58. The fourth-order valence-corrected chi connectivity index (χ4v) is 2.50. The van der Waals surface area contributed by atoms with E-state index >= 15 is 0 Å². The number of hydrogen-bond donors (Lipinski definition) is 2. The molecule has 2 N–H and O–H groups in total. The van der Waals surface area contributed by atoms with E-state index in [1.165, 1.54) is 0 Å². The first-order valence-electron chi connectivity index (χ1n) is 7.93. The largest absolute Gasteiger partial charge is 0.478 e. The Hall–Kier alpha value is -3.28. The molecular formula is C19H18N4O2. The molecule has 6 nitrogen and oxygen atoms in total. The van der Waals surface area contributed by atoms with Gasteiger partial charge in [-0.05, 0) is 54.8 Å². The van der Waals surface area contributed by atoms with Crippen LogP contribution in [-0.2, 0) is 6.42 Å². The van der Waals surface area contributed by atoms with Crippen molar-refractivity contribution in [1.82, 2.24) is 15.0 Å². The summed E-state index contributed by atoms with van der Waals surface area (Å²) in [4.78, 5) is 23.9. The third kappa shape index (κ3) is 4.17. The minimum atomic E-state index is -0.915. The second kappa shape index (κ2) is 7.53. The normalized spacial score (nSPS) is 10.4. The lowest BCUT2D eigenvalue weighted by atomic mass is 10.0. The Balaban J connectivity index is 1.67. The number of hydrogen-bond acceptors (Lipinski definition) is 5. The molecule has 0 aliphatic heterocycles. The van der Waals surface area contributed by atoms with Crippen molar-refractivity contribution in [3.63, 3.8) is 0 Å². The van der Waals surface area contributed by atoms with Gasteiger partial charge >= 0.3 is 5.97 Å². The van der Waals surface area contributed by atoms with Gasteiger partial charge in [-0.15, -0.1) is 0 Å². The van der Waals surface area contributed by atoms with Crippen LogP contribution in [-0.4, -0.2) is 32.6 Å². The van der Waals surface area contributed by atoms with Crippen LogP contribution >= 0.6 is 0 Å². The maximum atomic E-state index is 11.1. The number of nitrogens with zero attached hydrogens (tertiary/aromatic N) is 3. The Morgan fingerprint density at radius 1 is 1.20 bits per heavy atom. The zero-order valence-corrected chi connectivity index (χ0v) is 13.8. The van der Waals surface area contributed by atoms with Crippen LogP contribution in [0.1, 0.15) is 21.5 Å². The average Bonchev–Trinajstić information content (AvgIpc) is 2.64. The zero-order chi connectivity index (χ0) is 17.6. The monoisotopic (exact) mass is 334 g/mol. The highest BCUT2D eigenvalue weighted by molar-refractivity contribution is 5.87. The molecule has 0 amide bonds. The summed E-state index contributed by atoms with van der Waals surface area (Å²) in [5, 5.41) is 12.3. The first-order valence-corrected chi connectivity index (χ1v) is 7.93. The Morgan fingerprint density at radius 2 is 2.08 bits per heavy atom. The molecule has 0 bridgehead atoms. The van der Waals surface area contributed by atoms with Crippen molar-refractivity contribution in [2.24, 2.45) is 0 Å². The summed E-state index contributed by atoms with van der Waals surface area (Å²) < 4.78 is 0. The summed E-state index contributed by atoms with van der Waals surface area (Å²) in [5.74, 6) is -0.380. The molecule has 25 heavy (non-hydrogen) atoms. The Morgan fingerprint density at radius 3 is 2.84 bits per heavy atom. The highest BCUT2D eigenvalue weighted by atomic mass is 16.4. The van der Waals surface area contributed by atoms with E-state index < -0.39 is 5.97 Å². The maximum absolute atomic E-state index is 11.1. The topological polar surface area (TPSA) is 88.0 Å². The number of aryl methyl sites for hydroxylation is 1. The van der Waals surface area contributed by atoms with Crippen LogP contribution in [0.3, 0.4) is 0 Å². The zero-order valence-electron chi connectivity index (χ0n) is 13.8. The van der Waals surface area contributed by atoms with Gasteiger partial charge in [0.2, 0.25) is 5.95 Å². The molecule has 126 valence electrons. The van der Waals surface area contributed by atoms with Gasteiger partial charge < -0.3 is 10.4 Å². The molecule has 0 saturated carbocycles. The average molecular weight is 334 g/mol. The molecule has 3 rings (SSSR count). The van der Waals surface area contributed by atoms with E-state index in [9.17, 15) is 4.79 Å². The molecule has 3 aromatic rings. The van der Waals surface area contributed by atoms with E-state index in [1.807, 2.05) is 31.2 Å². The molecule has 0 radical (unpaired) electrons. The van der Waals surface area contributed by atoms with Crippen LogP contribution in [0.5, 0.6) is 0 Å². The predicted octanol–water partition coefficient (Wildman–Crippen LogP) is 3.20. The van der Waals surface area contributed by atoms with Gasteiger partial charge in [-0.3, -0.25) is 4.98 Å². The summed E-state index contributed by atoms with van der Waals surface area (Å²) in [5.41, 5.74) is 4.09. The van der Waals surface area contributed by atoms with Crippen LogP contribution < -0.4 is 5.32 Å². The first-order chi connectivity index (χ1) is 12.1. The highest BCUT2D eigenvalue weighted by Gasteiger charge is 2.07. The molecule has 6 heteroatoms. The van der Waals surface area contributed by atoms with Gasteiger partial charge in [0.05, 0.1) is 11.3 Å². The van der Waals surface area contributed by atoms with E-state index in [2.05, 4.69) is 20.3 Å². The van der Waals surface area contributed by atoms with Gasteiger partial charge in [-0.25, -0.2) is 14.8 Å². The summed E-state index contributed by atoms with van der Waals surface area (Å²) in [6, 6.07) is 10.8. The van der Waals surface area contributed by atoms with Gasteiger partial charge in [-0.2, -0.15) is 0 Å². The van der Waals surface area contributed by atoms with Gasteiger partial charge in [0.25, 0.3) is 0 Å². The van der Waals surface area contributed by atoms with Crippen molar-refractivity contribution in [1.29, 1.82) is 0 Å². The lowest BCUT2D eigenvalue weighted by Crippen LogP contribution is -2.09. The number of carbonyl (C=O) groups is 1. The molecule has 0 aliphatic rings. The molecule has 0 spiro atoms. The Kier molecular flexibility index (Phi) is 4.99. The second-order valence-electron chi connectivity index (χ2n) is 5.63. The summed E-state index contributed by atoms with van der Waals surface area (Å²) >= 11 is 0. The van der Waals surface area contributed by atoms with E-state index in [0.717, 1.165) is 22.4 Å². The minimum absolute atomic E-state index is 0.301. The van der Waals surface area contributed by atoms with Crippen LogP contribution in [0, 0.1) is 6.92 Å². The first kappa shape index (κ1) is 16.6. The van der Waals surface area contributed by atoms with Crippen LogP contribution in [0.4, 0.5) is 5.95 Å². The number of carboxylic acids is 1. The van der Waals surface area contributed by atoms with Crippen molar-refractivity contribution >= 4 is 11.9 Å². The van der Waals surface area contributed by atoms with Gasteiger partial charge in [-0.1, -0.05) is 6.07 Å². The fraction of sp³-hybridized carbons (Fsp3) is 0.158. The molecule has 0 aliphatic carbocycles. The third-order valence-corrected chi connectivity index (χ3v) is 3.89. The number of carboxylic acid groups (broad SMARTS) is 1. The molecule has 1 aromatic carbocycles. The molecule has 2 aromatic heterocycles. The van der Waals surface area contributed by atoms with Gasteiger partial charge in [0.1, 0.15) is 0 Å². The molecule has 2 heterocycles. The van der Waals surface area contributed by atoms with Crippen LogP contribution in [0.2, 0.25) is 0 Å². The second-order valence-corrected chi connectivity index (χ2v) is 5.63. The van der Waals surface area contributed by atoms with Crippen molar-refractivity contribution in [3.05, 3.63) is 71.7 Å². The lowest BCUT2D eigenvalue weighted by molar-refractivity contribution is 0.0696. The standard InChI is InChI=1S/C19H18N4O2/c1-13-4-5-15(18(24)25)11-14(13)6-9-21-19-22-10-7-17(23-19)16-3-2-8-20-12-16/h2-5,7-8,10-12H,6,9H2,1H3,(H,24,25)(H,21,22,23). The molecular weight excluding hydrogens is 316 g/mol. The highest BCUT2D eigenvalue weighted by Crippen LogP contribution is 2.16. The Labute approximate surface area is 145 Å². The quantitative estimate of drug-likeness (QED) is 0.720. The smallest absolute Gasteiger partial charge is 0.335 e. The number of aromatic carboxylic acids is 1.